The number of hydrogen-bond acceptors (Lipinski definition) is 4. The predicted molar refractivity (Wildman–Crippen MR) is 59.7 cm³/mol. The van der Waals surface area contributed by atoms with Gasteiger partial charge in [0.1, 0.15) is 11.9 Å². The molecular weight excluding hydrogens is 202 g/mol. The summed E-state index contributed by atoms with van der Waals surface area (Å²) in [5.41, 5.74) is 0.105. The van der Waals surface area contributed by atoms with Gasteiger partial charge < -0.3 is 5.11 Å². The summed E-state index contributed by atoms with van der Waals surface area (Å²) in [6.07, 6.45) is 8.32. The Morgan fingerprint density at radius 2 is 2.06 bits per heavy atom. The molecular formula is C12H17N3O. The zero-order valence-corrected chi connectivity index (χ0v) is 9.50. The number of hydrogen-bond donors (Lipinski definition) is 1. The van der Waals surface area contributed by atoms with E-state index in [0.29, 0.717) is 12.1 Å². The molecule has 1 aromatic heterocycles. The van der Waals surface area contributed by atoms with E-state index in [0.717, 1.165) is 18.5 Å². The second-order valence-electron chi connectivity index (χ2n) is 5.12. The highest BCUT2D eigenvalue weighted by atomic mass is 16.3. The molecule has 1 aliphatic heterocycles. The van der Waals surface area contributed by atoms with Crippen LogP contribution in [0.5, 0.6) is 0 Å². The highest BCUT2D eigenvalue weighted by molar-refractivity contribution is 5.19. The Kier molecular flexibility index (Phi) is 2.23. The lowest BCUT2D eigenvalue weighted by atomic mass is 9.94. The summed E-state index contributed by atoms with van der Waals surface area (Å²) in [6, 6.07) is 1.16. The molecule has 2 heterocycles. The molecule has 4 heteroatoms. The Bertz CT molecular complexity index is 379. The zero-order valence-electron chi connectivity index (χ0n) is 9.50. The Morgan fingerprint density at radius 3 is 2.69 bits per heavy atom. The number of nitrogens with zero attached hydrogens (tertiary/aromatic N) is 3. The molecule has 0 bridgehead atoms. The van der Waals surface area contributed by atoms with Crippen LogP contribution in [0.4, 0.5) is 0 Å². The Hall–Kier alpha value is -1.00. The zero-order chi connectivity index (χ0) is 11.2. The van der Waals surface area contributed by atoms with Gasteiger partial charge in [0.05, 0.1) is 0 Å². The van der Waals surface area contributed by atoms with Gasteiger partial charge >= 0.3 is 0 Å². The summed E-state index contributed by atoms with van der Waals surface area (Å²) in [4.78, 5) is 10.4. The third kappa shape index (κ3) is 1.62. The fraction of sp³-hybridized carbons (Fsp3) is 0.667. The summed E-state index contributed by atoms with van der Waals surface area (Å²) >= 11 is 0. The molecule has 1 aliphatic carbocycles. The van der Waals surface area contributed by atoms with Crippen LogP contribution < -0.4 is 0 Å². The maximum Gasteiger partial charge on any atom is 0.115 e. The largest absolute Gasteiger partial charge is 0.384 e. The molecule has 1 N–H and O–H groups in total. The molecule has 0 spiro atoms. The highest BCUT2D eigenvalue weighted by Crippen LogP contribution is 2.41. The van der Waals surface area contributed by atoms with Gasteiger partial charge in [-0.05, 0) is 26.2 Å². The van der Waals surface area contributed by atoms with Gasteiger partial charge in [-0.1, -0.05) is 0 Å². The fourth-order valence-corrected chi connectivity index (χ4v) is 2.77. The molecule has 2 atom stereocenters. The minimum atomic E-state index is -0.747. The summed E-state index contributed by atoms with van der Waals surface area (Å²) in [7, 11) is 0. The first-order chi connectivity index (χ1) is 7.69. The summed E-state index contributed by atoms with van der Waals surface area (Å²) in [5.74, 6) is 0. The van der Waals surface area contributed by atoms with Gasteiger partial charge in [0.2, 0.25) is 0 Å². The molecule has 0 aromatic carbocycles. The normalized spacial score (nSPS) is 35.5. The molecule has 2 fully saturated rings. The van der Waals surface area contributed by atoms with Crippen molar-refractivity contribution in [2.24, 2.45) is 0 Å². The topological polar surface area (TPSA) is 49.3 Å². The van der Waals surface area contributed by atoms with Crippen molar-refractivity contribution in [1.82, 2.24) is 14.9 Å². The molecule has 86 valence electrons. The van der Waals surface area contributed by atoms with Gasteiger partial charge in [0, 0.05) is 36.6 Å². The maximum absolute atomic E-state index is 10.7. The Labute approximate surface area is 95.3 Å². The van der Waals surface area contributed by atoms with E-state index in [1.165, 1.54) is 19.2 Å². The van der Waals surface area contributed by atoms with Crippen molar-refractivity contribution >= 4 is 0 Å². The third-order valence-electron chi connectivity index (χ3n) is 3.76. The van der Waals surface area contributed by atoms with Crippen molar-refractivity contribution < 1.29 is 5.11 Å². The molecule has 3 rings (SSSR count). The highest BCUT2D eigenvalue weighted by Gasteiger charge is 2.47. The van der Waals surface area contributed by atoms with E-state index in [4.69, 9.17) is 0 Å². The first kappa shape index (κ1) is 10.2. The van der Waals surface area contributed by atoms with Crippen molar-refractivity contribution in [3.05, 3.63) is 24.3 Å². The molecule has 4 nitrogen and oxygen atoms in total. The summed E-state index contributed by atoms with van der Waals surface area (Å²) in [5, 5.41) is 10.7. The maximum atomic E-state index is 10.7. The predicted octanol–water partition coefficient (Wildman–Crippen LogP) is 0.921. The Morgan fingerprint density at radius 1 is 1.38 bits per heavy atom. The minimum Gasteiger partial charge on any atom is -0.384 e. The van der Waals surface area contributed by atoms with Crippen LogP contribution in [0.25, 0.3) is 0 Å². The first-order valence-electron chi connectivity index (χ1n) is 5.93. The molecule has 0 radical (unpaired) electrons. The van der Waals surface area contributed by atoms with Crippen LogP contribution in [0.1, 0.15) is 31.7 Å². The SMILES string of the molecule is CC1CC(O)(c2cncnc2)CN1C1CC1. The first-order valence-corrected chi connectivity index (χ1v) is 5.93. The minimum absolute atomic E-state index is 0.456. The van der Waals surface area contributed by atoms with Crippen molar-refractivity contribution in [3.63, 3.8) is 0 Å². The molecule has 1 aromatic rings. The average Bonchev–Trinajstić information content (AvgIpc) is 3.07. The van der Waals surface area contributed by atoms with Crippen LogP contribution in [-0.4, -0.2) is 38.6 Å². The van der Waals surface area contributed by atoms with Gasteiger partial charge in [0.25, 0.3) is 0 Å². The van der Waals surface area contributed by atoms with E-state index in [1.807, 2.05) is 0 Å². The van der Waals surface area contributed by atoms with Gasteiger partial charge in [-0.25, -0.2) is 9.97 Å². The molecule has 0 amide bonds. The van der Waals surface area contributed by atoms with Gasteiger partial charge in [-0.3, -0.25) is 4.90 Å². The quantitative estimate of drug-likeness (QED) is 0.803. The lowest BCUT2D eigenvalue weighted by molar-refractivity contribution is 0.0444. The van der Waals surface area contributed by atoms with Crippen molar-refractivity contribution in [3.8, 4) is 0 Å². The summed E-state index contributed by atoms with van der Waals surface area (Å²) in [6.45, 7) is 2.92. The van der Waals surface area contributed by atoms with E-state index in [2.05, 4.69) is 21.8 Å². The number of aromatic nitrogens is 2. The second-order valence-corrected chi connectivity index (χ2v) is 5.12. The van der Waals surface area contributed by atoms with Crippen LogP contribution in [0.15, 0.2) is 18.7 Å². The lowest BCUT2D eigenvalue weighted by Crippen LogP contribution is -2.33. The third-order valence-corrected chi connectivity index (χ3v) is 3.76. The second kappa shape index (κ2) is 3.50. The van der Waals surface area contributed by atoms with E-state index in [9.17, 15) is 5.11 Å². The fourth-order valence-electron chi connectivity index (χ4n) is 2.77. The van der Waals surface area contributed by atoms with E-state index in [1.54, 1.807) is 12.4 Å². The number of aliphatic hydroxyl groups is 1. The van der Waals surface area contributed by atoms with E-state index in [-0.39, 0.29) is 0 Å². The molecule has 16 heavy (non-hydrogen) atoms. The number of likely N-dealkylation sites (tertiary alicyclic amines) is 1. The standard InChI is InChI=1S/C12H17N3O/c1-9-4-12(16,7-15(9)11-2-3-11)10-5-13-8-14-6-10/h5-6,8-9,11,16H,2-4,7H2,1H3. The van der Waals surface area contributed by atoms with E-state index < -0.39 is 5.60 Å². The van der Waals surface area contributed by atoms with Crippen LogP contribution in [0, 0.1) is 0 Å². The molecule has 2 unspecified atom stereocenters. The molecule has 2 aliphatic rings. The monoisotopic (exact) mass is 219 g/mol. The number of β-amino-alcohol motifs (C(OH)–C–C–N with tert-alkyl or cyclic N) is 1. The smallest absolute Gasteiger partial charge is 0.115 e. The van der Waals surface area contributed by atoms with Gasteiger partial charge in [0.15, 0.2) is 0 Å². The Balaban J connectivity index is 1.84. The number of rotatable bonds is 2. The van der Waals surface area contributed by atoms with Crippen LogP contribution >= 0.6 is 0 Å². The van der Waals surface area contributed by atoms with Crippen molar-refractivity contribution in [1.29, 1.82) is 0 Å². The van der Waals surface area contributed by atoms with E-state index >= 15 is 0 Å². The molecule has 1 saturated carbocycles. The van der Waals surface area contributed by atoms with Crippen molar-refractivity contribution in [2.45, 2.75) is 43.9 Å². The summed E-state index contributed by atoms with van der Waals surface area (Å²) < 4.78 is 0. The van der Waals surface area contributed by atoms with Gasteiger partial charge in [-0.15, -0.1) is 0 Å². The lowest BCUT2D eigenvalue weighted by Gasteiger charge is -2.23. The molecule has 1 saturated heterocycles. The van der Waals surface area contributed by atoms with Crippen LogP contribution in [-0.2, 0) is 5.60 Å². The van der Waals surface area contributed by atoms with Gasteiger partial charge in [-0.2, -0.15) is 0 Å². The van der Waals surface area contributed by atoms with Crippen LogP contribution in [0.2, 0.25) is 0 Å². The van der Waals surface area contributed by atoms with Crippen molar-refractivity contribution in [2.75, 3.05) is 6.54 Å². The van der Waals surface area contributed by atoms with Crippen LogP contribution in [0.3, 0.4) is 0 Å². The average molecular weight is 219 g/mol.